The lowest BCUT2D eigenvalue weighted by Gasteiger charge is -2.17. The van der Waals surface area contributed by atoms with Crippen molar-refractivity contribution in [3.05, 3.63) is 70.8 Å². The number of aromatic carboxylic acids is 1. The van der Waals surface area contributed by atoms with E-state index < -0.39 is 11.9 Å². The second-order valence-electron chi connectivity index (χ2n) is 4.33. The summed E-state index contributed by atoms with van der Waals surface area (Å²) in [4.78, 5) is 10.7. The number of benzene rings is 2. The van der Waals surface area contributed by atoms with Crippen LogP contribution >= 0.6 is 0 Å². The highest BCUT2D eigenvalue weighted by Crippen LogP contribution is 2.35. The number of alkyl halides is 2. The monoisotopic (exact) mass is 262 g/mol. The Morgan fingerprint density at radius 1 is 1.05 bits per heavy atom. The molecule has 0 saturated carbocycles. The third-order valence-electron chi connectivity index (χ3n) is 2.88. The van der Waals surface area contributed by atoms with E-state index in [-0.39, 0.29) is 16.7 Å². The summed E-state index contributed by atoms with van der Waals surface area (Å²) in [6, 6.07) is 10.8. The van der Waals surface area contributed by atoms with E-state index in [1.807, 2.05) is 0 Å². The van der Waals surface area contributed by atoms with Crippen molar-refractivity contribution < 1.29 is 18.7 Å². The molecule has 0 heterocycles. The fourth-order valence-electron chi connectivity index (χ4n) is 1.83. The van der Waals surface area contributed by atoms with E-state index in [1.165, 1.54) is 24.3 Å². The zero-order valence-electron chi connectivity index (χ0n) is 10.2. The fraction of sp³-hybridized carbons (Fsp3) is 0.133. The average Bonchev–Trinajstić information content (AvgIpc) is 2.39. The lowest BCUT2D eigenvalue weighted by atomic mass is 9.98. The molecule has 2 nitrogen and oxygen atoms in total. The maximum absolute atomic E-state index is 14.3. The van der Waals surface area contributed by atoms with E-state index in [0.29, 0.717) is 0 Å². The van der Waals surface area contributed by atoms with Gasteiger partial charge in [-0.2, -0.15) is 8.78 Å². The number of rotatable bonds is 3. The molecule has 2 aromatic carbocycles. The standard InChI is InChI=1S/C15H12F2O2/c1-10-3-2-4-13(9-10)15(16,17)12-7-5-11(6-8-12)14(18)19/h2-9H,1H3,(H,18,19). The van der Waals surface area contributed by atoms with Gasteiger partial charge >= 0.3 is 5.97 Å². The van der Waals surface area contributed by atoms with Gasteiger partial charge in [-0.3, -0.25) is 0 Å². The Labute approximate surface area is 109 Å². The molecule has 0 saturated heterocycles. The third kappa shape index (κ3) is 2.62. The molecule has 0 atom stereocenters. The van der Waals surface area contributed by atoms with Gasteiger partial charge in [-0.1, -0.05) is 35.9 Å². The van der Waals surface area contributed by atoms with Crippen molar-refractivity contribution >= 4 is 5.97 Å². The van der Waals surface area contributed by atoms with Gasteiger partial charge in [0.25, 0.3) is 5.92 Å². The van der Waals surface area contributed by atoms with Crippen LogP contribution in [0.1, 0.15) is 27.0 Å². The van der Waals surface area contributed by atoms with Crippen LogP contribution in [-0.4, -0.2) is 11.1 Å². The number of hydrogen-bond donors (Lipinski definition) is 1. The van der Waals surface area contributed by atoms with Crippen molar-refractivity contribution in [1.29, 1.82) is 0 Å². The van der Waals surface area contributed by atoms with Crippen LogP contribution in [0.2, 0.25) is 0 Å². The van der Waals surface area contributed by atoms with Gasteiger partial charge in [0.15, 0.2) is 0 Å². The molecule has 0 aliphatic carbocycles. The Morgan fingerprint density at radius 3 is 2.21 bits per heavy atom. The molecule has 0 unspecified atom stereocenters. The molecule has 1 N–H and O–H groups in total. The van der Waals surface area contributed by atoms with Gasteiger partial charge in [0.1, 0.15) is 0 Å². The molecule has 0 radical (unpaired) electrons. The molecule has 0 aliphatic heterocycles. The lowest BCUT2D eigenvalue weighted by molar-refractivity contribution is 0.0426. The molecule has 4 heteroatoms. The molecule has 0 aliphatic rings. The van der Waals surface area contributed by atoms with E-state index >= 15 is 0 Å². The van der Waals surface area contributed by atoms with E-state index in [4.69, 9.17) is 5.11 Å². The molecule has 2 rings (SSSR count). The van der Waals surface area contributed by atoms with Gasteiger partial charge < -0.3 is 5.11 Å². The van der Waals surface area contributed by atoms with Gasteiger partial charge in [-0.15, -0.1) is 0 Å². The average molecular weight is 262 g/mol. The Morgan fingerprint density at radius 2 is 1.68 bits per heavy atom. The minimum atomic E-state index is -3.14. The van der Waals surface area contributed by atoms with Crippen LogP contribution in [0.25, 0.3) is 0 Å². The van der Waals surface area contributed by atoms with Crippen LogP contribution in [0.4, 0.5) is 8.78 Å². The van der Waals surface area contributed by atoms with Gasteiger partial charge in [-0.25, -0.2) is 4.79 Å². The first-order valence-electron chi connectivity index (χ1n) is 5.70. The molecule has 0 aromatic heterocycles. The summed E-state index contributed by atoms with van der Waals surface area (Å²) in [6.07, 6.45) is 0. The second kappa shape index (κ2) is 4.80. The lowest BCUT2D eigenvalue weighted by Crippen LogP contribution is -2.15. The van der Waals surface area contributed by atoms with Gasteiger partial charge in [-0.05, 0) is 25.1 Å². The first-order chi connectivity index (χ1) is 8.91. The van der Waals surface area contributed by atoms with Crippen LogP contribution in [0, 0.1) is 6.92 Å². The van der Waals surface area contributed by atoms with Crippen LogP contribution < -0.4 is 0 Å². The van der Waals surface area contributed by atoms with Gasteiger partial charge in [0, 0.05) is 11.1 Å². The number of carboxylic acids is 1. The SMILES string of the molecule is Cc1cccc(C(F)(F)c2ccc(C(=O)O)cc2)c1. The van der Waals surface area contributed by atoms with Crippen LogP contribution in [-0.2, 0) is 5.92 Å². The zero-order chi connectivity index (χ0) is 14.0. The molecular weight excluding hydrogens is 250 g/mol. The normalized spacial score (nSPS) is 11.3. The van der Waals surface area contributed by atoms with Crippen molar-refractivity contribution in [2.24, 2.45) is 0 Å². The van der Waals surface area contributed by atoms with Crippen LogP contribution in [0.3, 0.4) is 0 Å². The smallest absolute Gasteiger partial charge is 0.335 e. The molecule has 19 heavy (non-hydrogen) atoms. The zero-order valence-corrected chi connectivity index (χ0v) is 10.2. The minimum Gasteiger partial charge on any atom is -0.478 e. The number of aryl methyl sites for hydroxylation is 1. The van der Waals surface area contributed by atoms with E-state index in [1.54, 1.807) is 19.1 Å². The molecule has 0 bridgehead atoms. The quantitative estimate of drug-likeness (QED) is 0.912. The highest BCUT2D eigenvalue weighted by molar-refractivity contribution is 5.87. The summed E-state index contributed by atoms with van der Waals surface area (Å²) in [7, 11) is 0. The Balaban J connectivity index is 2.41. The van der Waals surface area contributed by atoms with Gasteiger partial charge in [0.2, 0.25) is 0 Å². The maximum atomic E-state index is 14.3. The Bertz CT molecular complexity index is 604. The molecule has 0 spiro atoms. The topological polar surface area (TPSA) is 37.3 Å². The van der Waals surface area contributed by atoms with Crippen molar-refractivity contribution in [3.8, 4) is 0 Å². The number of hydrogen-bond acceptors (Lipinski definition) is 1. The maximum Gasteiger partial charge on any atom is 0.335 e. The predicted molar refractivity (Wildman–Crippen MR) is 67.6 cm³/mol. The molecule has 98 valence electrons. The Hall–Kier alpha value is -2.23. The van der Waals surface area contributed by atoms with Crippen molar-refractivity contribution in [2.75, 3.05) is 0 Å². The van der Waals surface area contributed by atoms with Crippen molar-refractivity contribution in [1.82, 2.24) is 0 Å². The van der Waals surface area contributed by atoms with E-state index in [0.717, 1.165) is 17.7 Å². The highest BCUT2D eigenvalue weighted by atomic mass is 19.3. The Kier molecular flexibility index (Phi) is 3.34. The highest BCUT2D eigenvalue weighted by Gasteiger charge is 2.33. The summed E-state index contributed by atoms with van der Waals surface area (Å²) in [5, 5.41) is 8.74. The summed E-state index contributed by atoms with van der Waals surface area (Å²) in [5.74, 6) is -4.27. The first-order valence-corrected chi connectivity index (χ1v) is 5.70. The van der Waals surface area contributed by atoms with Crippen molar-refractivity contribution in [2.45, 2.75) is 12.8 Å². The third-order valence-corrected chi connectivity index (χ3v) is 2.88. The molecule has 0 amide bonds. The van der Waals surface area contributed by atoms with E-state index in [9.17, 15) is 13.6 Å². The number of carbonyl (C=O) groups is 1. The molecule has 0 fully saturated rings. The largest absolute Gasteiger partial charge is 0.478 e. The van der Waals surface area contributed by atoms with E-state index in [2.05, 4.69) is 0 Å². The molecule has 2 aromatic rings. The summed E-state index contributed by atoms with van der Waals surface area (Å²) >= 11 is 0. The summed E-state index contributed by atoms with van der Waals surface area (Å²) in [5.41, 5.74) is 0.418. The number of halogens is 2. The second-order valence-corrected chi connectivity index (χ2v) is 4.33. The van der Waals surface area contributed by atoms with Crippen LogP contribution in [0.5, 0.6) is 0 Å². The summed E-state index contributed by atoms with van der Waals surface area (Å²) < 4.78 is 28.5. The fourth-order valence-corrected chi connectivity index (χ4v) is 1.83. The van der Waals surface area contributed by atoms with Crippen LogP contribution in [0.15, 0.2) is 48.5 Å². The molecular formula is C15H12F2O2. The first kappa shape index (κ1) is 13.2. The predicted octanol–water partition coefficient (Wildman–Crippen LogP) is 3.83. The van der Waals surface area contributed by atoms with Crippen molar-refractivity contribution in [3.63, 3.8) is 0 Å². The minimum absolute atomic E-state index is 0.0104. The van der Waals surface area contributed by atoms with Gasteiger partial charge in [0.05, 0.1) is 5.56 Å². The number of carboxylic acid groups (broad SMARTS) is 1. The summed E-state index contributed by atoms with van der Waals surface area (Å²) in [6.45, 7) is 1.74.